The van der Waals surface area contributed by atoms with Gasteiger partial charge in [-0.15, -0.1) is 0 Å². The molecule has 1 aromatic carbocycles. The summed E-state index contributed by atoms with van der Waals surface area (Å²) in [5.74, 6) is 0. The van der Waals surface area contributed by atoms with Gasteiger partial charge in [-0.05, 0) is 43.0 Å². The molecule has 0 heterocycles. The first-order valence-electron chi connectivity index (χ1n) is 6.40. The van der Waals surface area contributed by atoms with Crippen molar-refractivity contribution in [3.63, 3.8) is 0 Å². The number of hydrogen-bond acceptors (Lipinski definition) is 2. The SMILES string of the molecule is CCCCCCCNSc1ccc(C)cc1Cl. The fourth-order valence-electron chi connectivity index (χ4n) is 1.62. The largest absolute Gasteiger partial charge is 0.260 e. The van der Waals surface area contributed by atoms with Crippen LogP contribution in [0.5, 0.6) is 0 Å². The first-order chi connectivity index (χ1) is 8.24. The predicted octanol–water partition coefficient (Wildman–Crippen LogP) is 5.22. The highest BCUT2D eigenvalue weighted by Gasteiger charge is 2.00. The highest BCUT2D eigenvalue weighted by Crippen LogP contribution is 2.25. The number of unbranched alkanes of at least 4 members (excludes halogenated alkanes) is 4. The maximum absolute atomic E-state index is 6.15. The van der Waals surface area contributed by atoms with E-state index < -0.39 is 0 Å². The van der Waals surface area contributed by atoms with Crippen LogP contribution in [0.4, 0.5) is 0 Å². The van der Waals surface area contributed by atoms with Crippen LogP contribution in [0, 0.1) is 6.92 Å². The highest BCUT2D eigenvalue weighted by atomic mass is 35.5. The molecule has 0 saturated carbocycles. The first kappa shape index (κ1) is 14.9. The van der Waals surface area contributed by atoms with Crippen LogP contribution in [0.2, 0.25) is 5.02 Å². The van der Waals surface area contributed by atoms with Crippen LogP contribution in [0.15, 0.2) is 23.1 Å². The average Bonchev–Trinajstić information content (AvgIpc) is 2.30. The highest BCUT2D eigenvalue weighted by molar-refractivity contribution is 7.97. The minimum Gasteiger partial charge on any atom is -0.260 e. The van der Waals surface area contributed by atoms with Gasteiger partial charge in [-0.25, -0.2) is 0 Å². The maximum atomic E-state index is 6.15. The van der Waals surface area contributed by atoms with Crippen molar-refractivity contribution >= 4 is 23.5 Å². The van der Waals surface area contributed by atoms with E-state index in [1.807, 2.05) is 6.07 Å². The maximum Gasteiger partial charge on any atom is 0.0557 e. The van der Waals surface area contributed by atoms with Gasteiger partial charge >= 0.3 is 0 Å². The van der Waals surface area contributed by atoms with Crippen molar-refractivity contribution in [2.75, 3.05) is 6.54 Å². The summed E-state index contributed by atoms with van der Waals surface area (Å²) in [6.45, 7) is 5.35. The van der Waals surface area contributed by atoms with E-state index in [1.54, 1.807) is 11.9 Å². The Balaban J connectivity index is 2.14. The van der Waals surface area contributed by atoms with E-state index in [1.165, 1.54) is 37.7 Å². The van der Waals surface area contributed by atoms with Crippen LogP contribution < -0.4 is 4.72 Å². The quantitative estimate of drug-likeness (QED) is 0.514. The normalized spacial score (nSPS) is 10.8. The summed E-state index contributed by atoms with van der Waals surface area (Å²) in [7, 11) is 0. The van der Waals surface area contributed by atoms with E-state index >= 15 is 0 Å². The summed E-state index contributed by atoms with van der Waals surface area (Å²) in [6, 6.07) is 6.18. The van der Waals surface area contributed by atoms with Gasteiger partial charge < -0.3 is 0 Å². The third kappa shape index (κ3) is 6.35. The fourth-order valence-corrected chi connectivity index (χ4v) is 2.66. The molecule has 1 aromatic rings. The van der Waals surface area contributed by atoms with Crippen LogP contribution in [-0.4, -0.2) is 6.54 Å². The van der Waals surface area contributed by atoms with Gasteiger partial charge in [0.05, 0.1) is 5.02 Å². The summed E-state index contributed by atoms with van der Waals surface area (Å²) in [5, 5.41) is 0.841. The standard InChI is InChI=1S/C14H22ClNS/c1-3-4-5-6-7-10-16-17-14-9-8-12(2)11-13(14)15/h8-9,11,16H,3-7,10H2,1-2H3. The molecule has 0 atom stereocenters. The molecule has 0 unspecified atom stereocenters. The van der Waals surface area contributed by atoms with Gasteiger partial charge in [-0.1, -0.05) is 50.3 Å². The molecule has 0 amide bonds. The van der Waals surface area contributed by atoms with Crippen LogP contribution in [-0.2, 0) is 0 Å². The van der Waals surface area contributed by atoms with Gasteiger partial charge in [-0.3, -0.25) is 4.72 Å². The molecular formula is C14H22ClNS. The Morgan fingerprint density at radius 3 is 2.65 bits per heavy atom. The number of nitrogens with one attached hydrogen (secondary N) is 1. The van der Waals surface area contributed by atoms with E-state index in [2.05, 4.69) is 30.7 Å². The summed E-state index contributed by atoms with van der Waals surface area (Å²) < 4.78 is 3.37. The summed E-state index contributed by atoms with van der Waals surface area (Å²) >= 11 is 7.79. The molecule has 1 rings (SSSR count). The molecule has 0 bridgehead atoms. The van der Waals surface area contributed by atoms with Crippen molar-refractivity contribution in [2.45, 2.75) is 50.8 Å². The molecule has 96 valence electrons. The molecule has 17 heavy (non-hydrogen) atoms. The Labute approximate surface area is 114 Å². The summed E-state index contributed by atoms with van der Waals surface area (Å²) in [6.07, 6.45) is 6.59. The van der Waals surface area contributed by atoms with E-state index in [9.17, 15) is 0 Å². The lowest BCUT2D eigenvalue weighted by molar-refractivity contribution is 0.630. The monoisotopic (exact) mass is 271 g/mol. The Morgan fingerprint density at radius 2 is 1.94 bits per heavy atom. The third-order valence-electron chi connectivity index (χ3n) is 2.65. The number of halogens is 1. The van der Waals surface area contributed by atoms with Crippen molar-refractivity contribution < 1.29 is 0 Å². The average molecular weight is 272 g/mol. The van der Waals surface area contributed by atoms with Crippen molar-refractivity contribution in [3.8, 4) is 0 Å². The summed E-state index contributed by atoms with van der Waals surface area (Å²) in [4.78, 5) is 1.12. The van der Waals surface area contributed by atoms with Gasteiger partial charge in [-0.2, -0.15) is 0 Å². The molecule has 0 saturated heterocycles. The Hall–Kier alpha value is -0.180. The molecule has 0 radical (unpaired) electrons. The Morgan fingerprint density at radius 1 is 1.18 bits per heavy atom. The zero-order valence-corrected chi connectivity index (χ0v) is 12.3. The van der Waals surface area contributed by atoms with Crippen molar-refractivity contribution in [2.24, 2.45) is 0 Å². The molecule has 0 aliphatic heterocycles. The molecule has 0 fully saturated rings. The van der Waals surface area contributed by atoms with Crippen LogP contribution >= 0.6 is 23.5 Å². The molecule has 0 aliphatic carbocycles. The molecule has 0 aromatic heterocycles. The van der Waals surface area contributed by atoms with E-state index in [0.29, 0.717) is 0 Å². The van der Waals surface area contributed by atoms with Gasteiger partial charge in [0.15, 0.2) is 0 Å². The zero-order valence-electron chi connectivity index (χ0n) is 10.8. The fraction of sp³-hybridized carbons (Fsp3) is 0.571. The van der Waals surface area contributed by atoms with Crippen molar-refractivity contribution in [1.82, 2.24) is 4.72 Å². The van der Waals surface area contributed by atoms with Gasteiger partial charge in [0, 0.05) is 11.4 Å². The van der Waals surface area contributed by atoms with Crippen molar-refractivity contribution in [1.29, 1.82) is 0 Å². The van der Waals surface area contributed by atoms with Crippen LogP contribution in [0.3, 0.4) is 0 Å². The lowest BCUT2D eigenvalue weighted by Gasteiger charge is -2.06. The number of benzene rings is 1. The molecule has 1 nitrogen and oxygen atoms in total. The van der Waals surface area contributed by atoms with E-state index in [0.717, 1.165) is 16.5 Å². The van der Waals surface area contributed by atoms with Gasteiger partial charge in [0.25, 0.3) is 0 Å². The number of aryl methyl sites for hydroxylation is 1. The molecule has 0 aliphatic rings. The second kappa shape index (κ2) is 8.84. The van der Waals surface area contributed by atoms with Gasteiger partial charge in [0.2, 0.25) is 0 Å². The molecular weight excluding hydrogens is 250 g/mol. The van der Waals surface area contributed by atoms with Crippen molar-refractivity contribution in [3.05, 3.63) is 28.8 Å². The van der Waals surface area contributed by atoms with Crippen LogP contribution in [0.25, 0.3) is 0 Å². The topological polar surface area (TPSA) is 12.0 Å². The molecule has 0 spiro atoms. The van der Waals surface area contributed by atoms with E-state index in [-0.39, 0.29) is 0 Å². The molecule has 1 N–H and O–H groups in total. The minimum absolute atomic E-state index is 0.841. The third-order valence-corrected chi connectivity index (χ3v) is 4.00. The lowest BCUT2D eigenvalue weighted by atomic mass is 10.2. The first-order valence-corrected chi connectivity index (χ1v) is 7.59. The second-order valence-electron chi connectivity index (χ2n) is 4.34. The number of hydrogen-bond donors (Lipinski definition) is 1. The molecule has 3 heteroatoms. The van der Waals surface area contributed by atoms with E-state index in [4.69, 9.17) is 11.6 Å². The summed E-state index contributed by atoms with van der Waals surface area (Å²) in [5.41, 5.74) is 1.21. The zero-order chi connectivity index (χ0) is 12.5. The number of rotatable bonds is 8. The minimum atomic E-state index is 0.841. The van der Waals surface area contributed by atoms with Gasteiger partial charge in [0.1, 0.15) is 0 Å². The Kier molecular flexibility index (Phi) is 7.74. The van der Waals surface area contributed by atoms with Crippen LogP contribution in [0.1, 0.15) is 44.6 Å². The lowest BCUT2D eigenvalue weighted by Crippen LogP contribution is -2.05. The Bertz CT molecular complexity index is 328. The predicted molar refractivity (Wildman–Crippen MR) is 78.8 cm³/mol. The second-order valence-corrected chi connectivity index (χ2v) is 5.68. The smallest absolute Gasteiger partial charge is 0.0557 e.